The van der Waals surface area contributed by atoms with Crippen molar-refractivity contribution in [1.29, 1.82) is 0 Å². The van der Waals surface area contributed by atoms with E-state index >= 15 is 0 Å². The van der Waals surface area contributed by atoms with Crippen LogP contribution in [0, 0.1) is 0 Å². The largest absolute Gasteiger partial charge is 0.494 e. The lowest BCUT2D eigenvalue weighted by Crippen LogP contribution is -2.36. The molecule has 3 rings (SSSR count). The van der Waals surface area contributed by atoms with Gasteiger partial charge in [-0.25, -0.2) is 0 Å². The lowest BCUT2D eigenvalue weighted by atomic mass is 10.0. The average Bonchev–Trinajstić information content (AvgIpc) is 2.84. The number of nitrogens with zero attached hydrogens (tertiary/aromatic N) is 1. The van der Waals surface area contributed by atoms with E-state index in [0.717, 1.165) is 24.8 Å². The van der Waals surface area contributed by atoms with E-state index < -0.39 is 0 Å². The molecule has 21 heavy (non-hydrogen) atoms. The zero-order chi connectivity index (χ0) is 14.7. The van der Waals surface area contributed by atoms with Gasteiger partial charge in [0.1, 0.15) is 5.75 Å². The third kappa shape index (κ3) is 3.58. The smallest absolute Gasteiger partial charge is 0.119 e. The van der Waals surface area contributed by atoms with Crippen LogP contribution in [0.1, 0.15) is 51.1 Å². The van der Waals surface area contributed by atoms with Gasteiger partial charge in [0.25, 0.3) is 0 Å². The predicted octanol–water partition coefficient (Wildman–Crippen LogP) is 3.36. The number of fused-ring (bicyclic) bond motifs is 2. The molecule has 2 heterocycles. The predicted molar refractivity (Wildman–Crippen MR) is 86.8 cm³/mol. The van der Waals surface area contributed by atoms with Gasteiger partial charge in [-0.2, -0.15) is 0 Å². The summed E-state index contributed by atoms with van der Waals surface area (Å²) in [4.78, 5) is 2.64. The Bertz CT molecular complexity index is 445. The van der Waals surface area contributed by atoms with Crippen LogP contribution in [-0.2, 0) is 0 Å². The van der Waals surface area contributed by atoms with Gasteiger partial charge in [-0.1, -0.05) is 19.1 Å². The second kappa shape index (κ2) is 6.80. The maximum atomic E-state index is 5.67. The van der Waals surface area contributed by atoms with Gasteiger partial charge in [0.05, 0.1) is 6.61 Å². The molecule has 0 radical (unpaired) electrons. The molecule has 2 fully saturated rings. The van der Waals surface area contributed by atoms with Crippen molar-refractivity contribution in [3.05, 3.63) is 29.8 Å². The zero-order valence-corrected chi connectivity index (χ0v) is 13.3. The monoisotopic (exact) mass is 288 g/mol. The van der Waals surface area contributed by atoms with E-state index in [0.29, 0.717) is 12.1 Å². The molecular weight excluding hydrogens is 260 g/mol. The summed E-state index contributed by atoms with van der Waals surface area (Å²) in [5.74, 6) is 0.990. The van der Waals surface area contributed by atoms with E-state index in [1.165, 1.54) is 37.9 Å². The van der Waals surface area contributed by atoms with Gasteiger partial charge in [-0.15, -0.1) is 0 Å². The number of hydrogen-bond donors (Lipinski definition) is 1. The summed E-state index contributed by atoms with van der Waals surface area (Å²) < 4.78 is 5.67. The van der Waals surface area contributed by atoms with E-state index in [4.69, 9.17) is 4.74 Å². The van der Waals surface area contributed by atoms with Crippen LogP contribution in [0.5, 0.6) is 5.75 Å². The number of likely N-dealkylation sites (tertiary alicyclic amines) is 1. The molecule has 3 unspecified atom stereocenters. The molecule has 0 aliphatic carbocycles. The SMILES string of the molecule is CCCOc1ccc(C(C)N2CCC3CCC(C2)N3)cc1. The summed E-state index contributed by atoms with van der Waals surface area (Å²) in [7, 11) is 0. The number of rotatable bonds is 5. The minimum atomic E-state index is 0.492. The Morgan fingerprint density at radius 2 is 1.95 bits per heavy atom. The average molecular weight is 288 g/mol. The van der Waals surface area contributed by atoms with Crippen molar-refractivity contribution in [1.82, 2.24) is 10.2 Å². The van der Waals surface area contributed by atoms with Crippen molar-refractivity contribution < 1.29 is 4.74 Å². The Morgan fingerprint density at radius 1 is 1.19 bits per heavy atom. The number of nitrogens with one attached hydrogen (secondary N) is 1. The molecule has 2 aliphatic heterocycles. The van der Waals surface area contributed by atoms with Crippen LogP contribution in [0.2, 0.25) is 0 Å². The summed E-state index contributed by atoms with van der Waals surface area (Å²) >= 11 is 0. The highest BCUT2D eigenvalue weighted by molar-refractivity contribution is 5.29. The molecule has 2 saturated heterocycles. The second-order valence-corrected chi connectivity index (χ2v) is 6.51. The van der Waals surface area contributed by atoms with Crippen molar-refractivity contribution in [3.63, 3.8) is 0 Å². The molecule has 1 aromatic carbocycles. The molecule has 116 valence electrons. The molecule has 0 aromatic heterocycles. The molecule has 3 nitrogen and oxygen atoms in total. The van der Waals surface area contributed by atoms with E-state index in [1.54, 1.807) is 0 Å². The highest BCUT2D eigenvalue weighted by atomic mass is 16.5. The van der Waals surface area contributed by atoms with Gasteiger partial charge >= 0.3 is 0 Å². The minimum absolute atomic E-state index is 0.492. The molecule has 2 bridgehead atoms. The van der Waals surface area contributed by atoms with Gasteiger partial charge in [0, 0.05) is 31.2 Å². The van der Waals surface area contributed by atoms with Gasteiger partial charge < -0.3 is 10.1 Å². The van der Waals surface area contributed by atoms with Crippen LogP contribution >= 0.6 is 0 Å². The third-order valence-corrected chi connectivity index (χ3v) is 4.94. The molecule has 1 N–H and O–H groups in total. The van der Waals surface area contributed by atoms with E-state index in [2.05, 4.69) is 48.3 Å². The summed E-state index contributed by atoms with van der Waals surface area (Å²) in [5.41, 5.74) is 1.40. The first-order valence-corrected chi connectivity index (χ1v) is 8.49. The fourth-order valence-corrected chi connectivity index (χ4v) is 3.60. The fraction of sp³-hybridized carbons (Fsp3) is 0.667. The van der Waals surface area contributed by atoms with Gasteiger partial charge in [-0.3, -0.25) is 4.90 Å². The maximum absolute atomic E-state index is 5.67. The summed E-state index contributed by atoms with van der Waals surface area (Å²) in [5, 5.41) is 3.76. The number of ether oxygens (including phenoxy) is 1. The Kier molecular flexibility index (Phi) is 4.81. The molecule has 0 amide bonds. The number of hydrogen-bond acceptors (Lipinski definition) is 3. The highest BCUT2D eigenvalue weighted by Gasteiger charge is 2.31. The van der Waals surface area contributed by atoms with Crippen LogP contribution < -0.4 is 10.1 Å². The first-order chi connectivity index (χ1) is 10.3. The van der Waals surface area contributed by atoms with Crippen molar-refractivity contribution in [3.8, 4) is 5.75 Å². The molecule has 2 aliphatic rings. The Balaban J connectivity index is 1.62. The molecule has 0 spiro atoms. The Hall–Kier alpha value is -1.06. The molecular formula is C18H28N2O. The second-order valence-electron chi connectivity index (χ2n) is 6.51. The van der Waals surface area contributed by atoms with Crippen LogP contribution in [0.4, 0.5) is 0 Å². The normalized spacial score (nSPS) is 27.3. The first kappa shape index (κ1) is 14.9. The first-order valence-electron chi connectivity index (χ1n) is 8.49. The van der Waals surface area contributed by atoms with Crippen molar-refractivity contribution in [2.45, 2.75) is 57.7 Å². The number of benzene rings is 1. The van der Waals surface area contributed by atoms with Crippen molar-refractivity contribution in [2.24, 2.45) is 0 Å². The fourth-order valence-electron chi connectivity index (χ4n) is 3.60. The topological polar surface area (TPSA) is 24.5 Å². The molecule has 0 saturated carbocycles. The van der Waals surface area contributed by atoms with Crippen molar-refractivity contribution >= 4 is 0 Å². The molecule has 3 heteroatoms. The quantitative estimate of drug-likeness (QED) is 0.899. The Morgan fingerprint density at radius 3 is 2.71 bits per heavy atom. The standard InChI is InChI=1S/C18H28N2O/c1-3-12-21-18-8-4-15(5-9-18)14(2)20-11-10-16-6-7-17(13-20)19-16/h4-5,8-9,14,16-17,19H,3,6-7,10-13H2,1-2H3. The highest BCUT2D eigenvalue weighted by Crippen LogP contribution is 2.28. The summed E-state index contributed by atoms with van der Waals surface area (Å²) in [6, 6.07) is 10.6. The Labute approximate surface area is 128 Å². The van der Waals surface area contributed by atoms with Crippen LogP contribution in [-0.4, -0.2) is 36.7 Å². The van der Waals surface area contributed by atoms with E-state index in [1.807, 2.05) is 0 Å². The molecule has 1 aromatic rings. The zero-order valence-electron chi connectivity index (χ0n) is 13.3. The third-order valence-electron chi connectivity index (χ3n) is 4.94. The lowest BCUT2D eigenvalue weighted by molar-refractivity contribution is 0.199. The van der Waals surface area contributed by atoms with Gasteiger partial charge in [0.15, 0.2) is 0 Å². The summed E-state index contributed by atoms with van der Waals surface area (Å²) in [6.07, 6.45) is 5.06. The van der Waals surface area contributed by atoms with Gasteiger partial charge in [0.2, 0.25) is 0 Å². The van der Waals surface area contributed by atoms with E-state index in [-0.39, 0.29) is 0 Å². The minimum Gasteiger partial charge on any atom is -0.494 e. The van der Waals surface area contributed by atoms with Crippen molar-refractivity contribution in [2.75, 3.05) is 19.7 Å². The maximum Gasteiger partial charge on any atom is 0.119 e. The summed E-state index contributed by atoms with van der Waals surface area (Å²) in [6.45, 7) is 7.67. The molecule has 3 atom stereocenters. The lowest BCUT2D eigenvalue weighted by Gasteiger charge is -2.30. The van der Waals surface area contributed by atoms with E-state index in [9.17, 15) is 0 Å². The van der Waals surface area contributed by atoms with Crippen LogP contribution in [0.25, 0.3) is 0 Å². The van der Waals surface area contributed by atoms with Crippen LogP contribution in [0.15, 0.2) is 24.3 Å². The van der Waals surface area contributed by atoms with Crippen LogP contribution in [0.3, 0.4) is 0 Å². The van der Waals surface area contributed by atoms with Gasteiger partial charge in [-0.05, 0) is 50.3 Å².